The zero-order chi connectivity index (χ0) is 19.7. The number of rotatable bonds is 4. The zero-order valence-electron chi connectivity index (χ0n) is 15.7. The summed E-state index contributed by atoms with van der Waals surface area (Å²) in [5.74, 6) is -0.144. The number of aromatic nitrogens is 4. The lowest BCUT2D eigenvalue weighted by molar-refractivity contribution is 0.0726. The molecule has 0 aromatic carbocycles. The summed E-state index contributed by atoms with van der Waals surface area (Å²) in [6.07, 6.45) is 1.75. The van der Waals surface area contributed by atoms with Crippen LogP contribution in [0.3, 0.4) is 0 Å². The number of halogens is 1. The van der Waals surface area contributed by atoms with E-state index in [9.17, 15) is 9.18 Å². The van der Waals surface area contributed by atoms with Crippen LogP contribution in [0.2, 0.25) is 0 Å². The number of aryl methyl sites for hydroxylation is 2. The molecular formula is C20H20FN5O2. The van der Waals surface area contributed by atoms with E-state index >= 15 is 0 Å². The number of carbonyl (C=O) groups excluding carboxylic acids is 1. The molecule has 28 heavy (non-hydrogen) atoms. The molecule has 8 heteroatoms. The lowest BCUT2D eigenvalue weighted by Crippen LogP contribution is -2.37. The molecule has 0 unspecified atom stereocenters. The Bertz CT molecular complexity index is 1020. The molecule has 1 aliphatic heterocycles. The molecule has 0 N–H and O–H groups in total. The van der Waals surface area contributed by atoms with Crippen molar-refractivity contribution in [3.8, 4) is 5.88 Å². The Morgan fingerprint density at radius 2 is 2.14 bits per heavy atom. The average molecular weight is 381 g/mol. The van der Waals surface area contributed by atoms with Gasteiger partial charge < -0.3 is 9.64 Å². The van der Waals surface area contributed by atoms with Crippen molar-refractivity contribution >= 4 is 5.91 Å². The molecule has 3 aromatic rings. The summed E-state index contributed by atoms with van der Waals surface area (Å²) >= 11 is 0. The molecular weight excluding hydrogens is 361 g/mol. The summed E-state index contributed by atoms with van der Waals surface area (Å²) in [4.78, 5) is 22.7. The second-order valence-corrected chi connectivity index (χ2v) is 6.74. The van der Waals surface area contributed by atoms with Gasteiger partial charge in [-0.2, -0.15) is 5.10 Å². The predicted molar refractivity (Wildman–Crippen MR) is 99.2 cm³/mol. The molecule has 3 aromatic heterocycles. The number of fused-ring (bicyclic) bond motifs is 1. The van der Waals surface area contributed by atoms with E-state index in [4.69, 9.17) is 4.74 Å². The number of carbonyl (C=O) groups is 1. The number of amides is 1. The maximum absolute atomic E-state index is 13.1. The third kappa shape index (κ3) is 3.58. The van der Waals surface area contributed by atoms with Crippen LogP contribution in [0.25, 0.3) is 0 Å². The standard InChI is InChI=1S/C20H20FN5O2/c1-13-4-3-5-19(23-13)28-12-17-15-11-26(9-8-18(15)25(2)24-17)20(27)16-7-6-14(21)10-22-16/h3-7,10H,8-9,11-12H2,1-2H3. The first-order valence-corrected chi connectivity index (χ1v) is 9.02. The van der Waals surface area contributed by atoms with Crippen molar-refractivity contribution in [2.75, 3.05) is 6.54 Å². The molecule has 1 aliphatic rings. The van der Waals surface area contributed by atoms with E-state index in [0.29, 0.717) is 25.4 Å². The Labute approximate surface area is 161 Å². The van der Waals surface area contributed by atoms with E-state index < -0.39 is 5.82 Å². The molecule has 0 aliphatic carbocycles. The van der Waals surface area contributed by atoms with Gasteiger partial charge in [-0.05, 0) is 25.1 Å². The fraction of sp³-hybridized carbons (Fsp3) is 0.300. The van der Waals surface area contributed by atoms with Crippen LogP contribution in [0.1, 0.15) is 33.1 Å². The number of nitrogens with zero attached hydrogens (tertiary/aromatic N) is 5. The van der Waals surface area contributed by atoms with Gasteiger partial charge in [0.2, 0.25) is 5.88 Å². The Balaban J connectivity index is 1.52. The number of hydrogen-bond donors (Lipinski definition) is 0. The molecule has 4 rings (SSSR count). The van der Waals surface area contributed by atoms with E-state index in [1.54, 1.807) is 11.0 Å². The van der Waals surface area contributed by atoms with Crippen LogP contribution < -0.4 is 4.74 Å². The van der Waals surface area contributed by atoms with Crippen molar-refractivity contribution in [2.45, 2.75) is 26.5 Å². The third-order valence-electron chi connectivity index (χ3n) is 4.78. The van der Waals surface area contributed by atoms with Gasteiger partial charge in [-0.25, -0.2) is 14.4 Å². The first-order valence-electron chi connectivity index (χ1n) is 9.02. The molecule has 144 valence electrons. The van der Waals surface area contributed by atoms with Crippen LogP contribution in [0.5, 0.6) is 5.88 Å². The Morgan fingerprint density at radius 3 is 2.89 bits per heavy atom. The average Bonchev–Trinajstić information content (AvgIpc) is 3.02. The fourth-order valence-electron chi connectivity index (χ4n) is 3.36. The summed E-state index contributed by atoms with van der Waals surface area (Å²) in [7, 11) is 1.90. The molecule has 4 heterocycles. The first kappa shape index (κ1) is 18.1. The summed E-state index contributed by atoms with van der Waals surface area (Å²) in [5, 5.41) is 4.57. The van der Waals surface area contributed by atoms with Gasteiger partial charge in [-0.15, -0.1) is 0 Å². The Morgan fingerprint density at radius 1 is 1.29 bits per heavy atom. The highest BCUT2D eigenvalue weighted by Gasteiger charge is 2.28. The van der Waals surface area contributed by atoms with Crippen LogP contribution in [-0.2, 0) is 26.6 Å². The molecule has 0 saturated heterocycles. The highest BCUT2D eigenvalue weighted by atomic mass is 19.1. The zero-order valence-corrected chi connectivity index (χ0v) is 15.7. The van der Waals surface area contributed by atoms with Gasteiger partial charge in [0.25, 0.3) is 5.91 Å². The quantitative estimate of drug-likeness (QED) is 0.694. The predicted octanol–water partition coefficient (Wildman–Crippen LogP) is 2.44. The summed E-state index contributed by atoms with van der Waals surface area (Å²) in [5.41, 5.74) is 3.97. The fourth-order valence-corrected chi connectivity index (χ4v) is 3.36. The summed E-state index contributed by atoms with van der Waals surface area (Å²) in [6.45, 7) is 3.16. The summed E-state index contributed by atoms with van der Waals surface area (Å²) < 4.78 is 20.7. The maximum Gasteiger partial charge on any atom is 0.272 e. The minimum atomic E-state index is -0.464. The number of hydrogen-bond acceptors (Lipinski definition) is 5. The summed E-state index contributed by atoms with van der Waals surface area (Å²) in [6, 6.07) is 8.25. The Kier molecular flexibility index (Phi) is 4.77. The van der Waals surface area contributed by atoms with Crippen LogP contribution in [0.4, 0.5) is 4.39 Å². The molecule has 1 amide bonds. The number of ether oxygens (including phenoxy) is 1. The van der Waals surface area contributed by atoms with Crippen molar-refractivity contribution in [1.82, 2.24) is 24.6 Å². The minimum absolute atomic E-state index is 0.221. The van der Waals surface area contributed by atoms with E-state index in [-0.39, 0.29) is 18.2 Å². The molecule has 0 fully saturated rings. The lowest BCUT2D eigenvalue weighted by atomic mass is 10.0. The van der Waals surface area contributed by atoms with Crippen molar-refractivity contribution < 1.29 is 13.9 Å². The van der Waals surface area contributed by atoms with Crippen molar-refractivity contribution in [3.63, 3.8) is 0 Å². The Hall–Kier alpha value is -3.29. The van der Waals surface area contributed by atoms with Gasteiger partial charge in [0.15, 0.2) is 0 Å². The first-order chi connectivity index (χ1) is 13.5. The SMILES string of the molecule is Cc1cccc(OCc2nn(C)c3c2CN(C(=O)c2ccc(F)cn2)CC3)n1. The lowest BCUT2D eigenvalue weighted by Gasteiger charge is -2.27. The molecule has 7 nitrogen and oxygen atoms in total. The van der Waals surface area contributed by atoms with Crippen molar-refractivity contribution in [1.29, 1.82) is 0 Å². The largest absolute Gasteiger partial charge is 0.471 e. The smallest absolute Gasteiger partial charge is 0.272 e. The van der Waals surface area contributed by atoms with E-state index in [1.807, 2.05) is 30.8 Å². The van der Waals surface area contributed by atoms with Gasteiger partial charge in [0, 0.05) is 49.6 Å². The minimum Gasteiger partial charge on any atom is -0.471 e. The van der Waals surface area contributed by atoms with Crippen molar-refractivity contribution in [3.05, 3.63) is 70.7 Å². The maximum atomic E-state index is 13.1. The van der Waals surface area contributed by atoms with Gasteiger partial charge in [-0.1, -0.05) is 6.07 Å². The molecule has 0 atom stereocenters. The van der Waals surface area contributed by atoms with Crippen LogP contribution in [-0.4, -0.2) is 37.1 Å². The third-order valence-corrected chi connectivity index (χ3v) is 4.78. The second kappa shape index (κ2) is 7.38. The second-order valence-electron chi connectivity index (χ2n) is 6.74. The van der Waals surface area contributed by atoms with Crippen LogP contribution in [0.15, 0.2) is 36.5 Å². The van der Waals surface area contributed by atoms with Gasteiger partial charge >= 0.3 is 0 Å². The normalized spacial score (nSPS) is 13.3. The molecule has 0 spiro atoms. The van der Waals surface area contributed by atoms with Gasteiger partial charge in [-0.3, -0.25) is 9.48 Å². The van der Waals surface area contributed by atoms with Gasteiger partial charge in [0.1, 0.15) is 23.8 Å². The number of pyridine rings is 2. The van der Waals surface area contributed by atoms with E-state index in [0.717, 1.165) is 28.8 Å². The molecule has 0 saturated carbocycles. The highest BCUT2D eigenvalue weighted by molar-refractivity contribution is 5.92. The van der Waals surface area contributed by atoms with Crippen LogP contribution >= 0.6 is 0 Å². The molecule has 0 bridgehead atoms. The highest BCUT2D eigenvalue weighted by Crippen LogP contribution is 2.24. The topological polar surface area (TPSA) is 73.1 Å². The van der Waals surface area contributed by atoms with Gasteiger partial charge in [0.05, 0.1) is 6.20 Å². The monoisotopic (exact) mass is 381 g/mol. The van der Waals surface area contributed by atoms with Crippen LogP contribution in [0, 0.1) is 12.7 Å². The van der Waals surface area contributed by atoms with Crippen molar-refractivity contribution in [2.24, 2.45) is 7.05 Å². The van der Waals surface area contributed by atoms with E-state index in [1.165, 1.54) is 12.1 Å². The van der Waals surface area contributed by atoms with E-state index in [2.05, 4.69) is 15.1 Å². The molecule has 0 radical (unpaired) electrons.